The SMILES string of the molecule is O=C(Nn1cc(-c2ccccc2)[nH]c1=S)c1ccccc1Cl. The molecule has 0 aliphatic rings. The third-order valence-electron chi connectivity index (χ3n) is 3.14. The van der Waals surface area contributed by atoms with Gasteiger partial charge in [0.25, 0.3) is 5.91 Å². The average Bonchev–Trinajstić information content (AvgIpc) is 2.89. The van der Waals surface area contributed by atoms with Crippen LogP contribution in [0.15, 0.2) is 60.8 Å². The van der Waals surface area contributed by atoms with E-state index in [9.17, 15) is 4.79 Å². The van der Waals surface area contributed by atoms with Crippen LogP contribution < -0.4 is 5.43 Å². The number of aromatic nitrogens is 2. The molecule has 0 saturated carbocycles. The van der Waals surface area contributed by atoms with Crippen LogP contribution in [0.1, 0.15) is 10.4 Å². The van der Waals surface area contributed by atoms with Crippen molar-refractivity contribution >= 4 is 29.7 Å². The Bertz CT molecular complexity index is 870. The van der Waals surface area contributed by atoms with E-state index in [1.807, 2.05) is 30.3 Å². The molecule has 0 radical (unpaired) electrons. The third kappa shape index (κ3) is 2.95. The van der Waals surface area contributed by atoms with Crippen molar-refractivity contribution in [3.8, 4) is 11.3 Å². The quantitative estimate of drug-likeness (QED) is 0.706. The first-order chi connectivity index (χ1) is 10.6. The second kappa shape index (κ2) is 6.17. The zero-order chi connectivity index (χ0) is 15.5. The van der Waals surface area contributed by atoms with Crippen molar-refractivity contribution in [1.29, 1.82) is 0 Å². The second-order valence-electron chi connectivity index (χ2n) is 4.63. The topological polar surface area (TPSA) is 49.8 Å². The lowest BCUT2D eigenvalue weighted by molar-refractivity contribution is 0.101. The van der Waals surface area contributed by atoms with Crippen LogP contribution in [0.2, 0.25) is 5.02 Å². The van der Waals surface area contributed by atoms with Crippen molar-refractivity contribution in [1.82, 2.24) is 9.66 Å². The Labute approximate surface area is 137 Å². The van der Waals surface area contributed by atoms with Gasteiger partial charge in [0, 0.05) is 0 Å². The fraction of sp³-hybridized carbons (Fsp3) is 0. The van der Waals surface area contributed by atoms with Gasteiger partial charge in [-0.1, -0.05) is 54.1 Å². The van der Waals surface area contributed by atoms with Crippen LogP contribution in [0.4, 0.5) is 0 Å². The number of imidazole rings is 1. The van der Waals surface area contributed by atoms with Crippen LogP contribution in [0, 0.1) is 4.77 Å². The number of carbonyl (C=O) groups excluding carboxylic acids is 1. The number of nitrogens with zero attached hydrogens (tertiary/aromatic N) is 1. The Morgan fingerprint density at radius 3 is 2.50 bits per heavy atom. The summed E-state index contributed by atoms with van der Waals surface area (Å²) in [5.41, 5.74) is 4.92. The summed E-state index contributed by atoms with van der Waals surface area (Å²) >= 11 is 11.3. The molecular formula is C16H12ClN3OS. The first-order valence-corrected chi connectivity index (χ1v) is 7.37. The van der Waals surface area contributed by atoms with Crippen LogP contribution in [-0.2, 0) is 0 Å². The summed E-state index contributed by atoms with van der Waals surface area (Å²) in [4.78, 5) is 15.3. The normalized spacial score (nSPS) is 10.4. The average molecular weight is 330 g/mol. The predicted molar refractivity (Wildman–Crippen MR) is 90.2 cm³/mol. The zero-order valence-electron chi connectivity index (χ0n) is 11.4. The molecule has 0 aliphatic heterocycles. The molecule has 0 fully saturated rings. The Balaban J connectivity index is 1.88. The fourth-order valence-electron chi connectivity index (χ4n) is 2.06. The van der Waals surface area contributed by atoms with Gasteiger partial charge in [-0.25, -0.2) is 4.68 Å². The van der Waals surface area contributed by atoms with Gasteiger partial charge in [0.2, 0.25) is 0 Å². The largest absolute Gasteiger partial charge is 0.329 e. The summed E-state index contributed by atoms with van der Waals surface area (Å²) < 4.78 is 1.88. The van der Waals surface area contributed by atoms with Crippen molar-refractivity contribution in [2.45, 2.75) is 0 Å². The highest BCUT2D eigenvalue weighted by molar-refractivity contribution is 7.71. The summed E-state index contributed by atoms with van der Waals surface area (Å²) in [5, 5.41) is 0.394. The number of amides is 1. The highest BCUT2D eigenvalue weighted by atomic mass is 35.5. The number of H-pyrrole nitrogens is 1. The van der Waals surface area contributed by atoms with E-state index in [-0.39, 0.29) is 5.91 Å². The Kier molecular flexibility index (Phi) is 4.09. The van der Waals surface area contributed by atoms with Gasteiger partial charge >= 0.3 is 0 Å². The number of rotatable bonds is 3. The number of benzene rings is 2. The standard InChI is InChI=1S/C16H12ClN3OS/c17-13-9-5-4-8-12(13)15(21)19-20-10-14(18-16(20)22)11-6-2-1-3-7-11/h1-10H,(H,18,22)(H,19,21). The number of hydrogen-bond acceptors (Lipinski definition) is 2. The lowest BCUT2D eigenvalue weighted by Gasteiger charge is -2.06. The van der Waals surface area contributed by atoms with Crippen molar-refractivity contribution in [3.63, 3.8) is 0 Å². The highest BCUT2D eigenvalue weighted by Gasteiger charge is 2.11. The first kappa shape index (κ1) is 14.6. The molecule has 22 heavy (non-hydrogen) atoms. The van der Waals surface area contributed by atoms with Gasteiger partial charge in [0.15, 0.2) is 4.77 Å². The molecule has 4 nitrogen and oxygen atoms in total. The van der Waals surface area contributed by atoms with Gasteiger partial charge in [0.05, 0.1) is 22.5 Å². The van der Waals surface area contributed by atoms with Crippen LogP contribution in [0.3, 0.4) is 0 Å². The molecule has 0 aliphatic carbocycles. The monoisotopic (exact) mass is 329 g/mol. The molecule has 110 valence electrons. The van der Waals surface area contributed by atoms with Crippen molar-refractivity contribution in [2.24, 2.45) is 0 Å². The Morgan fingerprint density at radius 2 is 1.77 bits per heavy atom. The molecule has 3 aromatic rings. The van der Waals surface area contributed by atoms with E-state index in [2.05, 4.69) is 10.4 Å². The van der Waals surface area contributed by atoms with Gasteiger partial charge in [-0.2, -0.15) is 0 Å². The molecule has 0 bridgehead atoms. The van der Waals surface area contributed by atoms with Crippen molar-refractivity contribution < 1.29 is 4.79 Å². The maximum absolute atomic E-state index is 12.3. The van der Waals surface area contributed by atoms with E-state index in [1.54, 1.807) is 30.5 Å². The lowest BCUT2D eigenvalue weighted by Crippen LogP contribution is -2.22. The van der Waals surface area contributed by atoms with E-state index in [4.69, 9.17) is 23.8 Å². The predicted octanol–water partition coefficient (Wildman–Crippen LogP) is 4.25. The summed E-state index contributed by atoms with van der Waals surface area (Å²) in [7, 11) is 0. The van der Waals surface area contributed by atoms with E-state index < -0.39 is 0 Å². The van der Waals surface area contributed by atoms with Gasteiger partial charge in [-0.15, -0.1) is 0 Å². The Morgan fingerprint density at radius 1 is 1.09 bits per heavy atom. The van der Waals surface area contributed by atoms with E-state index in [1.165, 1.54) is 4.68 Å². The molecule has 1 heterocycles. The lowest BCUT2D eigenvalue weighted by atomic mass is 10.2. The number of halogens is 1. The molecular weight excluding hydrogens is 318 g/mol. The summed E-state index contributed by atoms with van der Waals surface area (Å²) in [6.45, 7) is 0. The minimum absolute atomic E-state index is 0.319. The van der Waals surface area contributed by atoms with E-state index in [0.717, 1.165) is 11.3 Å². The summed E-state index contributed by atoms with van der Waals surface area (Å²) in [5.74, 6) is -0.319. The molecule has 0 atom stereocenters. The minimum atomic E-state index is -0.319. The first-order valence-electron chi connectivity index (χ1n) is 6.58. The molecule has 2 aromatic carbocycles. The molecule has 0 saturated heterocycles. The van der Waals surface area contributed by atoms with Gasteiger partial charge in [-0.05, 0) is 29.9 Å². The van der Waals surface area contributed by atoms with Crippen LogP contribution >= 0.6 is 23.8 Å². The van der Waals surface area contributed by atoms with Gasteiger partial charge in [0.1, 0.15) is 0 Å². The number of aromatic amines is 1. The smallest absolute Gasteiger partial charge is 0.271 e. The van der Waals surface area contributed by atoms with Gasteiger partial charge < -0.3 is 4.98 Å². The van der Waals surface area contributed by atoms with Crippen LogP contribution in [-0.4, -0.2) is 15.6 Å². The second-order valence-corrected chi connectivity index (χ2v) is 5.42. The molecule has 1 aromatic heterocycles. The minimum Gasteiger partial charge on any atom is -0.329 e. The van der Waals surface area contributed by atoms with Crippen molar-refractivity contribution in [2.75, 3.05) is 5.43 Å². The Hall–Kier alpha value is -2.37. The van der Waals surface area contributed by atoms with Crippen LogP contribution in [0.5, 0.6) is 0 Å². The summed E-state index contributed by atoms with van der Waals surface area (Å²) in [6, 6.07) is 16.6. The molecule has 0 unspecified atom stereocenters. The molecule has 6 heteroatoms. The molecule has 0 spiro atoms. The maximum Gasteiger partial charge on any atom is 0.271 e. The fourth-order valence-corrected chi connectivity index (χ4v) is 2.49. The van der Waals surface area contributed by atoms with E-state index in [0.29, 0.717) is 15.4 Å². The molecule has 2 N–H and O–H groups in total. The van der Waals surface area contributed by atoms with Crippen LogP contribution in [0.25, 0.3) is 11.3 Å². The third-order valence-corrected chi connectivity index (χ3v) is 3.77. The van der Waals surface area contributed by atoms with Gasteiger partial charge in [-0.3, -0.25) is 10.2 Å². The zero-order valence-corrected chi connectivity index (χ0v) is 13.0. The maximum atomic E-state index is 12.3. The number of hydrogen-bond donors (Lipinski definition) is 2. The highest BCUT2D eigenvalue weighted by Crippen LogP contribution is 2.17. The van der Waals surface area contributed by atoms with E-state index >= 15 is 0 Å². The number of carbonyl (C=O) groups is 1. The summed E-state index contributed by atoms with van der Waals surface area (Å²) in [6.07, 6.45) is 1.74. The number of nitrogens with one attached hydrogen (secondary N) is 2. The molecule has 3 rings (SSSR count). The molecule has 1 amide bonds. The van der Waals surface area contributed by atoms with Crippen molar-refractivity contribution in [3.05, 3.63) is 76.2 Å².